The second-order valence-corrected chi connectivity index (χ2v) is 17.1. The summed E-state index contributed by atoms with van der Waals surface area (Å²) in [6, 6.07) is 0. The van der Waals surface area contributed by atoms with Crippen LogP contribution < -0.4 is 0 Å². The molecular weight excluding hydrogens is 750 g/mol. The molecule has 0 fully saturated rings. The van der Waals surface area contributed by atoms with Crippen LogP contribution in [0.25, 0.3) is 0 Å². The number of esters is 2. The van der Waals surface area contributed by atoms with Crippen molar-refractivity contribution in [1.82, 2.24) is 0 Å². The summed E-state index contributed by atoms with van der Waals surface area (Å²) in [5.41, 5.74) is 0. The lowest BCUT2D eigenvalue weighted by atomic mass is 10.1. The van der Waals surface area contributed by atoms with Crippen LogP contribution in [-0.2, 0) is 32.7 Å². The molecule has 0 bridgehead atoms. The lowest BCUT2D eigenvalue weighted by Gasteiger charge is -2.24. The lowest BCUT2D eigenvalue weighted by molar-refractivity contribution is -0.870. The molecule has 58 heavy (non-hydrogen) atoms. The number of ether oxygens (including phenoxy) is 2. The highest BCUT2D eigenvalue weighted by Crippen LogP contribution is 2.43. The van der Waals surface area contributed by atoms with Crippen molar-refractivity contribution in [3.8, 4) is 0 Å². The molecule has 0 rings (SSSR count). The van der Waals surface area contributed by atoms with Crippen LogP contribution in [0.5, 0.6) is 0 Å². The number of hydrogen-bond donors (Lipinski definition) is 1. The predicted octanol–water partition coefficient (Wildman–Crippen LogP) is 12.8. The third-order valence-corrected chi connectivity index (χ3v) is 9.89. The summed E-state index contributed by atoms with van der Waals surface area (Å²) in [6.45, 7) is 4.19. The molecule has 1 N–H and O–H groups in total. The molecule has 0 aromatic rings. The zero-order valence-electron chi connectivity index (χ0n) is 37.2. The SMILES string of the molecule is CC/C=C/C/C=C/C/C=C/C/C=C/C/C=C/CCCC(=O)OC[C@H](COP(=O)(O)OCC[N+](C)(C)C)OC(=O)CCCCCCCCC/C=C/C/C=C/CCCCC. The first kappa shape index (κ1) is 55.2. The van der Waals surface area contributed by atoms with Gasteiger partial charge >= 0.3 is 19.8 Å². The zero-order valence-corrected chi connectivity index (χ0v) is 38.1. The Labute approximate surface area is 354 Å². The molecule has 0 aromatic heterocycles. The van der Waals surface area contributed by atoms with E-state index in [0.717, 1.165) is 70.6 Å². The van der Waals surface area contributed by atoms with Gasteiger partial charge in [0.25, 0.3) is 0 Å². The number of rotatable bonds is 39. The fraction of sp³-hybridized carbons (Fsp3) is 0.667. The van der Waals surface area contributed by atoms with Crippen LogP contribution >= 0.6 is 7.82 Å². The summed E-state index contributed by atoms with van der Waals surface area (Å²) in [5, 5.41) is 0. The van der Waals surface area contributed by atoms with E-state index < -0.39 is 32.5 Å². The van der Waals surface area contributed by atoms with Gasteiger partial charge in [-0.15, -0.1) is 0 Å². The Balaban J connectivity index is 4.48. The largest absolute Gasteiger partial charge is 0.472 e. The fourth-order valence-electron chi connectivity index (χ4n) is 5.43. The molecular formula is C48H83NO8P+. The lowest BCUT2D eigenvalue weighted by Crippen LogP contribution is -2.37. The maximum Gasteiger partial charge on any atom is 0.472 e. The number of nitrogens with zero attached hydrogens (tertiary/aromatic N) is 1. The number of allylic oxidation sites excluding steroid dienone is 14. The number of unbranched alkanes of at least 4 members (excludes halogenated alkanes) is 11. The first-order chi connectivity index (χ1) is 28.0. The van der Waals surface area contributed by atoms with Crippen molar-refractivity contribution in [2.24, 2.45) is 0 Å². The molecule has 0 heterocycles. The van der Waals surface area contributed by atoms with Crippen LogP contribution in [-0.4, -0.2) is 74.9 Å². The molecule has 0 saturated heterocycles. The van der Waals surface area contributed by atoms with E-state index in [4.69, 9.17) is 18.5 Å². The average Bonchev–Trinajstić information content (AvgIpc) is 3.17. The van der Waals surface area contributed by atoms with E-state index in [1.807, 2.05) is 21.1 Å². The number of carbonyl (C=O) groups is 2. The van der Waals surface area contributed by atoms with Crippen LogP contribution in [0.2, 0.25) is 0 Å². The second-order valence-electron chi connectivity index (χ2n) is 15.7. The van der Waals surface area contributed by atoms with E-state index in [-0.39, 0.29) is 26.1 Å². The van der Waals surface area contributed by atoms with Gasteiger partial charge in [-0.3, -0.25) is 18.6 Å². The molecule has 1 unspecified atom stereocenters. The van der Waals surface area contributed by atoms with Gasteiger partial charge in [0, 0.05) is 12.8 Å². The smallest absolute Gasteiger partial charge is 0.462 e. The minimum atomic E-state index is -4.40. The Kier molecular flexibility index (Phi) is 37.7. The minimum Gasteiger partial charge on any atom is -0.462 e. The van der Waals surface area contributed by atoms with Gasteiger partial charge in [0.15, 0.2) is 6.10 Å². The second kappa shape index (κ2) is 39.6. The number of carbonyl (C=O) groups excluding carboxylic acids is 2. The number of likely N-dealkylation sites (N-methyl/N-ethyl adjacent to an activating group) is 1. The van der Waals surface area contributed by atoms with Crippen LogP contribution in [0.3, 0.4) is 0 Å². The van der Waals surface area contributed by atoms with Crippen molar-refractivity contribution in [2.45, 2.75) is 161 Å². The number of hydrogen-bond acceptors (Lipinski definition) is 7. The Morgan fingerprint density at radius 1 is 0.552 bits per heavy atom. The molecule has 0 aliphatic heterocycles. The maximum atomic E-state index is 12.7. The molecule has 0 aliphatic rings. The Morgan fingerprint density at radius 2 is 1.00 bits per heavy atom. The number of phosphoric ester groups is 1. The van der Waals surface area contributed by atoms with Gasteiger partial charge in [0.2, 0.25) is 0 Å². The molecule has 0 spiro atoms. The number of quaternary nitrogens is 1. The van der Waals surface area contributed by atoms with Crippen molar-refractivity contribution in [1.29, 1.82) is 0 Å². The van der Waals surface area contributed by atoms with Crippen molar-refractivity contribution >= 4 is 19.8 Å². The molecule has 0 radical (unpaired) electrons. The summed E-state index contributed by atoms with van der Waals surface area (Å²) >= 11 is 0. The normalized spacial score (nSPS) is 14.4. The Bertz CT molecular complexity index is 1260. The van der Waals surface area contributed by atoms with Gasteiger partial charge in [-0.1, -0.05) is 144 Å². The first-order valence-corrected chi connectivity index (χ1v) is 23.8. The van der Waals surface area contributed by atoms with Gasteiger partial charge in [-0.05, 0) is 83.5 Å². The Morgan fingerprint density at radius 3 is 1.52 bits per heavy atom. The van der Waals surface area contributed by atoms with Crippen molar-refractivity contribution in [2.75, 3.05) is 47.5 Å². The highest BCUT2D eigenvalue weighted by atomic mass is 31.2. The Hall–Kier alpha value is -2.81. The van der Waals surface area contributed by atoms with Gasteiger partial charge in [-0.2, -0.15) is 0 Å². The summed E-state index contributed by atoms with van der Waals surface area (Å²) in [7, 11) is 1.43. The fourth-order valence-corrected chi connectivity index (χ4v) is 6.17. The van der Waals surface area contributed by atoms with Gasteiger partial charge < -0.3 is 18.9 Å². The molecule has 0 aliphatic carbocycles. The van der Waals surface area contributed by atoms with Crippen LogP contribution in [0, 0.1) is 0 Å². The van der Waals surface area contributed by atoms with Crippen LogP contribution in [0.4, 0.5) is 0 Å². The number of phosphoric acid groups is 1. The van der Waals surface area contributed by atoms with Crippen molar-refractivity contribution in [3.05, 3.63) is 85.1 Å². The predicted molar refractivity (Wildman–Crippen MR) is 242 cm³/mol. The molecule has 332 valence electrons. The van der Waals surface area contributed by atoms with Gasteiger partial charge in [-0.25, -0.2) is 4.57 Å². The maximum absolute atomic E-state index is 12.7. The van der Waals surface area contributed by atoms with Crippen molar-refractivity contribution in [3.63, 3.8) is 0 Å². The van der Waals surface area contributed by atoms with E-state index in [2.05, 4.69) is 98.9 Å². The third kappa shape index (κ3) is 42.8. The van der Waals surface area contributed by atoms with Gasteiger partial charge in [0.1, 0.15) is 19.8 Å². The third-order valence-electron chi connectivity index (χ3n) is 8.91. The summed E-state index contributed by atoms with van der Waals surface area (Å²) < 4.78 is 34.2. The highest BCUT2D eigenvalue weighted by molar-refractivity contribution is 7.47. The van der Waals surface area contributed by atoms with Crippen LogP contribution in [0.1, 0.15) is 155 Å². The van der Waals surface area contributed by atoms with Gasteiger partial charge in [0.05, 0.1) is 27.7 Å². The standard InChI is InChI=1S/C48H82NO8P/c1-6-8-10-12-14-16-18-20-22-24-26-28-30-32-34-36-38-40-47(50)54-44-46(45-56-58(52,53)55-43-42-49(3,4)5)57-48(51)41-39-37-35-33-31-29-27-25-23-21-19-17-15-13-11-9-7-2/h8,10,14-17,20-23,26,28,32,34,46H,6-7,9,11-13,18-19,24-25,27,29-31,33,35-45H2,1-5H3/p+1/b10-8+,16-14+,17-15+,22-20+,23-21+,28-26+,34-32+/t46-/m1/s1. The van der Waals surface area contributed by atoms with Crippen LogP contribution in [0.15, 0.2) is 85.1 Å². The van der Waals surface area contributed by atoms with Crippen molar-refractivity contribution < 1.29 is 42.1 Å². The molecule has 0 saturated carbocycles. The molecule has 0 amide bonds. The summed E-state index contributed by atoms with van der Waals surface area (Å²) in [4.78, 5) is 35.4. The highest BCUT2D eigenvalue weighted by Gasteiger charge is 2.27. The minimum absolute atomic E-state index is 0.0166. The molecule has 10 heteroatoms. The van der Waals surface area contributed by atoms with E-state index >= 15 is 0 Å². The quantitative estimate of drug-likeness (QED) is 0.0214. The molecule has 2 atom stereocenters. The van der Waals surface area contributed by atoms with E-state index in [1.54, 1.807) is 0 Å². The summed E-state index contributed by atoms with van der Waals surface area (Å²) in [6.07, 6.45) is 50.6. The van der Waals surface area contributed by atoms with E-state index in [0.29, 0.717) is 23.9 Å². The average molecular weight is 833 g/mol. The topological polar surface area (TPSA) is 108 Å². The molecule has 0 aromatic carbocycles. The summed E-state index contributed by atoms with van der Waals surface area (Å²) in [5.74, 6) is -0.884. The molecule has 9 nitrogen and oxygen atoms in total. The first-order valence-electron chi connectivity index (χ1n) is 22.3. The zero-order chi connectivity index (χ0) is 42.8. The van der Waals surface area contributed by atoms with E-state index in [1.165, 1.54) is 44.9 Å². The monoisotopic (exact) mass is 833 g/mol. The van der Waals surface area contributed by atoms with E-state index in [9.17, 15) is 19.0 Å².